The van der Waals surface area contributed by atoms with E-state index in [1.807, 2.05) is 13.8 Å². The Morgan fingerprint density at radius 2 is 2.07 bits per heavy atom. The second-order valence-corrected chi connectivity index (χ2v) is 8.59. The zero-order valence-electron chi connectivity index (χ0n) is 15.4. The van der Waals surface area contributed by atoms with E-state index in [1.54, 1.807) is 15.9 Å². The van der Waals surface area contributed by atoms with Crippen LogP contribution in [0.25, 0.3) is 10.2 Å². The highest BCUT2D eigenvalue weighted by atomic mass is 32.2. The van der Waals surface area contributed by atoms with Gasteiger partial charge in [0.05, 0.1) is 11.1 Å². The number of carbonyl (C=O) groups excluding carboxylic acids is 1. The van der Waals surface area contributed by atoms with Gasteiger partial charge in [0.15, 0.2) is 10.3 Å². The molecular weight excluding hydrogens is 402 g/mol. The molecular formula is C17H23N5O2S3. The highest BCUT2D eigenvalue weighted by Gasteiger charge is 2.22. The van der Waals surface area contributed by atoms with Crippen LogP contribution < -0.4 is 21.7 Å². The van der Waals surface area contributed by atoms with Crippen molar-refractivity contribution >= 4 is 56.6 Å². The molecule has 1 aliphatic carbocycles. The van der Waals surface area contributed by atoms with Crippen LogP contribution >= 0.6 is 35.3 Å². The van der Waals surface area contributed by atoms with Gasteiger partial charge >= 0.3 is 0 Å². The molecule has 0 atom stereocenters. The van der Waals surface area contributed by atoms with E-state index in [2.05, 4.69) is 16.2 Å². The molecule has 2 aromatic rings. The summed E-state index contributed by atoms with van der Waals surface area (Å²) in [7, 11) is 0. The molecule has 2 aromatic heterocycles. The summed E-state index contributed by atoms with van der Waals surface area (Å²) in [6.45, 7) is 5.04. The minimum atomic E-state index is -0.234. The summed E-state index contributed by atoms with van der Waals surface area (Å²) in [6.07, 6.45) is 4.29. The first-order valence-electron chi connectivity index (χ1n) is 9.05. The second kappa shape index (κ2) is 9.03. The van der Waals surface area contributed by atoms with Gasteiger partial charge in [-0.25, -0.2) is 4.98 Å². The Morgan fingerprint density at radius 3 is 2.81 bits per heavy atom. The van der Waals surface area contributed by atoms with Gasteiger partial charge in [-0.2, -0.15) is 0 Å². The van der Waals surface area contributed by atoms with E-state index in [4.69, 9.17) is 17.2 Å². The van der Waals surface area contributed by atoms with Crippen LogP contribution in [-0.2, 0) is 24.2 Å². The second-order valence-electron chi connectivity index (χ2n) is 6.16. The number of thioether (sulfide) groups is 1. The van der Waals surface area contributed by atoms with Gasteiger partial charge < -0.3 is 5.32 Å². The minimum Gasteiger partial charge on any atom is -0.362 e. The molecule has 146 valence electrons. The number of carbonyl (C=O) groups is 1. The van der Waals surface area contributed by atoms with Crippen LogP contribution in [0.1, 0.15) is 37.1 Å². The van der Waals surface area contributed by atoms with E-state index in [0.29, 0.717) is 23.4 Å². The van der Waals surface area contributed by atoms with Crippen molar-refractivity contribution in [1.29, 1.82) is 0 Å². The minimum absolute atomic E-state index is 0.0104. The number of aromatic nitrogens is 2. The van der Waals surface area contributed by atoms with Crippen LogP contribution in [-0.4, -0.2) is 32.9 Å². The van der Waals surface area contributed by atoms with Crippen LogP contribution in [0, 0.1) is 0 Å². The molecule has 0 radical (unpaired) electrons. The van der Waals surface area contributed by atoms with Crippen LogP contribution in [0.15, 0.2) is 9.95 Å². The molecule has 2 heterocycles. The Kier molecular flexibility index (Phi) is 6.72. The third-order valence-corrected chi connectivity index (χ3v) is 6.75. The number of thiocarbonyl (C=S) groups is 1. The third kappa shape index (κ3) is 4.44. The molecule has 10 heteroatoms. The fourth-order valence-electron chi connectivity index (χ4n) is 3.11. The number of rotatable bonds is 5. The molecule has 3 N–H and O–H groups in total. The van der Waals surface area contributed by atoms with E-state index in [1.165, 1.54) is 28.6 Å². The highest BCUT2D eigenvalue weighted by Crippen LogP contribution is 2.34. The summed E-state index contributed by atoms with van der Waals surface area (Å²) in [5.74, 6) is -0.0900. The summed E-state index contributed by atoms with van der Waals surface area (Å²) in [6, 6.07) is 0. The Bertz CT molecular complexity index is 921. The van der Waals surface area contributed by atoms with Crippen LogP contribution in [0.2, 0.25) is 0 Å². The van der Waals surface area contributed by atoms with E-state index >= 15 is 0 Å². The largest absolute Gasteiger partial charge is 0.362 e. The monoisotopic (exact) mass is 425 g/mol. The highest BCUT2D eigenvalue weighted by molar-refractivity contribution is 7.99. The number of nitrogens with zero attached hydrogens (tertiary/aromatic N) is 2. The van der Waals surface area contributed by atoms with E-state index in [9.17, 15) is 9.59 Å². The SMILES string of the molecule is CCNC(=S)NNC(=O)CSc1nc2sc3c(c2c(=O)n1CC)CCCC3. The van der Waals surface area contributed by atoms with Crippen molar-refractivity contribution in [2.45, 2.75) is 51.2 Å². The fourth-order valence-corrected chi connectivity index (χ4v) is 5.47. The smallest absolute Gasteiger partial charge is 0.263 e. The Balaban J connectivity index is 1.77. The van der Waals surface area contributed by atoms with Gasteiger partial charge in [-0.05, 0) is 57.3 Å². The maximum atomic E-state index is 13.0. The van der Waals surface area contributed by atoms with Gasteiger partial charge in [0.2, 0.25) is 5.91 Å². The number of thiophene rings is 1. The van der Waals surface area contributed by atoms with Gasteiger partial charge in [-0.15, -0.1) is 11.3 Å². The van der Waals surface area contributed by atoms with Gasteiger partial charge in [-0.1, -0.05) is 11.8 Å². The van der Waals surface area contributed by atoms with E-state index < -0.39 is 0 Å². The number of hydrazine groups is 1. The van der Waals surface area contributed by atoms with Crippen molar-refractivity contribution in [2.75, 3.05) is 12.3 Å². The number of fused-ring (bicyclic) bond motifs is 3. The Hall–Kier alpha value is -1.65. The third-order valence-electron chi connectivity index (χ3n) is 4.34. The fraction of sp³-hybridized carbons (Fsp3) is 0.529. The molecule has 0 bridgehead atoms. The summed E-state index contributed by atoms with van der Waals surface area (Å²) >= 11 is 7.89. The number of amides is 1. The molecule has 0 saturated heterocycles. The molecule has 0 fully saturated rings. The lowest BCUT2D eigenvalue weighted by Crippen LogP contribution is -2.47. The summed E-state index contributed by atoms with van der Waals surface area (Å²) in [4.78, 5) is 31.9. The number of hydrogen-bond donors (Lipinski definition) is 3. The van der Waals surface area contributed by atoms with E-state index in [0.717, 1.165) is 29.5 Å². The number of hydrogen-bond acceptors (Lipinski definition) is 6. The quantitative estimate of drug-likeness (QED) is 0.292. The van der Waals surface area contributed by atoms with Crippen LogP contribution in [0.4, 0.5) is 0 Å². The maximum Gasteiger partial charge on any atom is 0.263 e. The van der Waals surface area contributed by atoms with Crippen LogP contribution in [0.5, 0.6) is 0 Å². The van der Waals surface area contributed by atoms with Crippen molar-refractivity contribution in [2.24, 2.45) is 0 Å². The van der Waals surface area contributed by atoms with Crippen molar-refractivity contribution in [3.8, 4) is 0 Å². The van der Waals surface area contributed by atoms with Crippen LogP contribution in [0.3, 0.4) is 0 Å². The first-order chi connectivity index (χ1) is 13.0. The summed E-state index contributed by atoms with van der Waals surface area (Å²) < 4.78 is 1.67. The first-order valence-corrected chi connectivity index (χ1v) is 11.3. The number of nitrogens with one attached hydrogen (secondary N) is 3. The molecule has 0 aliphatic heterocycles. The topological polar surface area (TPSA) is 88.1 Å². The normalized spacial score (nSPS) is 13.3. The van der Waals surface area contributed by atoms with Crippen molar-refractivity contribution in [3.05, 3.63) is 20.8 Å². The average Bonchev–Trinajstić information content (AvgIpc) is 3.03. The Morgan fingerprint density at radius 1 is 1.30 bits per heavy atom. The lowest BCUT2D eigenvalue weighted by Gasteiger charge is -2.12. The molecule has 0 saturated carbocycles. The molecule has 0 unspecified atom stereocenters. The predicted molar refractivity (Wildman–Crippen MR) is 114 cm³/mol. The van der Waals surface area contributed by atoms with Crippen molar-refractivity contribution in [1.82, 2.24) is 25.7 Å². The molecule has 3 rings (SSSR count). The summed E-state index contributed by atoms with van der Waals surface area (Å²) in [5.41, 5.74) is 6.38. The zero-order valence-corrected chi connectivity index (χ0v) is 17.8. The predicted octanol–water partition coefficient (Wildman–Crippen LogP) is 1.96. The maximum absolute atomic E-state index is 13.0. The van der Waals surface area contributed by atoms with Gasteiger partial charge in [-0.3, -0.25) is 25.0 Å². The zero-order chi connectivity index (χ0) is 19.4. The molecule has 7 nitrogen and oxygen atoms in total. The molecule has 27 heavy (non-hydrogen) atoms. The summed E-state index contributed by atoms with van der Waals surface area (Å²) in [5, 5.41) is 4.61. The standard InChI is InChI=1S/C17H23N5O2S3/c1-3-18-16(25)21-20-12(23)9-26-17-19-14-13(15(24)22(17)4-2)10-7-5-6-8-11(10)27-14/h3-9H2,1-2H3,(H,20,23)(H2,18,21,25). The van der Waals surface area contributed by atoms with Gasteiger partial charge in [0, 0.05) is 18.0 Å². The molecule has 1 aliphatic rings. The molecule has 0 aromatic carbocycles. The van der Waals surface area contributed by atoms with Crippen molar-refractivity contribution < 1.29 is 4.79 Å². The van der Waals surface area contributed by atoms with Crippen molar-refractivity contribution in [3.63, 3.8) is 0 Å². The Labute approximate surface area is 171 Å². The molecule has 1 amide bonds. The number of aryl methyl sites for hydroxylation is 2. The van der Waals surface area contributed by atoms with Gasteiger partial charge in [0.25, 0.3) is 5.56 Å². The average molecular weight is 426 g/mol. The van der Waals surface area contributed by atoms with E-state index in [-0.39, 0.29) is 17.2 Å². The first kappa shape index (κ1) is 20.1. The molecule has 0 spiro atoms. The lowest BCUT2D eigenvalue weighted by molar-refractivity contribution is -0.119. The lowest BCUT2D eigenvalue weighted by atomic mass is 9.97. The van der Waals surface area contributed by atoms with Gasteiger partial charge in [0.1, 0.15) is 4.83 Å².